The van der Waals surface area contributed by atoms with E-state index < -0.39 is 0 Å². The summed E-state index contributed by atoms with van der Waals surface area (Å²) in [6.07, 6.45) is 1.93. The summed E-state index contributed by atoms with van der Waals surface area (Å²) in [5.74, 6) is -0.0956. The van der Waals surface area contributed by atoms with Gasteiger partial charge in [-0.2, -0.15) is 0 Å². The first kappa shape index (κ1) is 14.0. The maximum atomic E-state index is 11.6. The number of likely N-dealkylation sites (tertiary alicyclic amines) is 1. The van der Waals surface area contributed by atoms with E-state index in [0.29, 0.717) is 13.2 Å². The molecule has 5 nitrogen and oxygen atoms in total. The number of carbonyl (C=O) groups is 2. The summed E-state index contributed by atoms with van der Waals surface area (Å²) >= 11 is 0. The highest BCUT2D eigenvalue weighted by Crippen LogP contribution is 2.17. The molecule has 0 bridgehead atoms. The highest BCUT2D eigenvalue weighted by molar-refractivity contribution is 5.73. The van der Waals surface area contributed by atoms with Gasteiger partial charge < -0.3 is 15.0 Å². The monoisotopic (exact) mass is 242 g/mol. The fraction of sp³-hybridized carbons (Fsp3) is 0.833. The minimum absolute atomic E-state index is 0.000952. The van der Waals surface area contributed by atoms with E-state index in [2.05, 4.69) is 10.2 Å². The minimum Gasteiger partial charge on any atom is -0.466 e. The predicted molar refractivity (Wildman–Crippen MR) is 64.5 cm³/mol. The third-order valence-corrected chi connectivity index (χ3v) is 2.93. The molecular formula is C12H22N2O3. The Morgan fingerprint density at radius 2 is 2.24 bits per heavy atom. The van der Waals surface area contributed by atoms with E-state index in [0.717, 1.165) is 32.5 Å². The molecule has 1 fully saturated rings. The van der Waals surface area contributed by atoms with Gasteiger partial charge in [0.2, 0.25) is 5.91 Å². The van der Waals surface area contributed by atoms with Gasteiger partial charge in [-0.15, -0.1) is 0 Å². The Hall–Kier alpha value is -1.10. The minimum atomic E-state index is -0.0864. The Morgan fingerprint density at radius 1 is 1.47 bits per heavy atom. The van der Waals surface area contributed by atoms with Gasteiger partial charge in [-0.3, -0.25) is 9.59 Å². The van der Waals surface area contributed by atoms with Gasteiger partial charge in [0.1, 0.15) is 0 Å². The first-order valence-electron chi connectivity index (χ1n) is 6.27. The van der Waals surface area contributed by atoms with Crippen LogP contribution in [-0.2, 0) is 14.3 Å². The maximum Gasteiger partial charge on any atom is 0.310 e. The summed E-state index contributed by atoms with van der Waals surface area (Å²) in [4.78, 5) is 24.6. The molecule has 0 aromatic rings. The van der Waals surface area contributed by atoms with Crippen LogP contribution in [0.25, 0.3) is 0 Å². The quantitative estimate of drug-likeness (QED) is 0.709. The summed E-state index contributed by atoms with van der Waals surface area (Å²) in [6.45, 7) is 6.97. The molecular weight excluding hydrogens is 220 g/mol. The van der Waals surface area contributed by atoms with Gasteiger partial charge in [-0.25, -0.2) is 0 Å². The lowest BCUT2D eigenvalue weighted by Crippen LogP contribution is -2.42. The molecule has 0 saturated carbocycles. The molecule has 0 aromatic heterocycles. The zero-order valence-electron chi connectivity index (χ0n) is 10.7. The van der Waals surface area contributed by atoms with E-state index in [9.17, 15) is 9.59 Å². The molecule has 0 radical (unpaired) electrons. The highest BCUT2D eigenvalue weighted by atomic mass is 16.5. The van der Waals surface area contributed by atoms with Gasteiger partial charge in [-0.05, 0) is 26.3 Å². The van der Waals surface area contributed by atoms with Crippen LogP contribution in [0.1, 0.15) is 26.7 Å². The molecule has 98 valence electrons. The topological polar surface area (TPSA) is 58.6 Å². The summed E-state index contributed by atoms with van der Waals surface area (Å²) in [7, 11) is 0. The first-order valence-corrected chi connectivity index (χ1v) is 6.27. The van der Waals surface area contributed by atoms with Crippen LogP contribution in [0.2, 0.25) is 0 Å². The van der Waals surface area contributed by atoms with Crippen molar-refractivity contribution >= 4 is 11.9 Å². The number of carbonyl (C=O) groups excluding carboxylic acids is 2. The number of nitrogens with one attached hydrogen (secondary N) is 1. The zero-order valence-corrected chi connectivity index (χ0v) is 10.7. The number of piperidine rings is 1. The number of ether oxygens (including phenoxy) is 1. The molecule has 0 unspecified atom stereocenters. The molecule has 17 heavy (non-hydrogen) atoms. The van der Waals surface area contributed by atoms with Crippen molar-refractivity contribution in [2.24, 2.45) is 5.92 Å². The number of hydrogen-bond donors (Lipinski definition) is 1. The molecule has 1 saturated heterocycles. The number of esters is 1. The molecule has 1 heterocycles. The average Bonchev–Trinajstić information content (AvgIpc) is 2.29. The van der Waals surface area contributed by atoms with E-state index in [1.165, 1.54) is 6.92 Å². The molecule has 0 aromatic carbocycles. The molecule has 1 amide bonds. The number of amides is 1. The highest BCUT2D eigenvalue weighted by Gasteiger charge is 2.26. The van der Waals surface area contributed by atoms with Gasteiger partial charge in [0.15, 0.2) is 0 Å². The summed E-state index contributed by atoms with van der Waals surface area (Å²) in [5.41, 5.74) is 0. The van der Waals surface area contributed by atoms with Gasteiger partial charge in [0.25, 0.3) is 0 Å². The third-order valence-electron chi connectivity index (χ3n) is 2.93. The number of rotatable bonds is 5. The van der Waals surface area contributed by atoms with Gasteiger partial charge in [0.05, 0.1) is 12.5 Å². The largest absolute Gasteiger partial charge is 0.466 e. The second-order valence-electron chi connectivity index (χ2n) is 4.37. The van der Waals surface area contributed by atoms with Crippen molar-refractivity contribution in [1.82, 2.24) is 10.2 Å². The van der Waals surface area contributed by atoms with Gasteiger partial charge in [-0.1, -0.05) is 0 Å². The lowest BCUT2D eigenvalue weighted by molar-refractivity contribution is -0.150. The molecule has 1 aliphatic rings. The van der Waals surface area contributed by atoms with Gasteiger partial charge in [0, 0.05) is 26.6 Å². The number of nitrogens with zero attached hydrogens (tertiary/aromatic N) is 1. The molecule has 0 aliphatic carbocycles. The summed E-state index contributed by atoms with van der Waals surface area (Å²) < 4.78 is 5.04. The van der Waals surface area contributed by atoms with Crippen LogP contribution in [0.4, 0.5) is 0 Å². The second-order valence-corrected chi connectivity index (χ2v) is 4.37. The average molecular weight is 242 g/mol. The summed E-state index contributed by atoms with van der Waals surface area (Å²) in [5, 5.41) is 2.77. The Morgan fingerprint density at radius 3 is 2.88 bits per heavy atom. The molecule has 1 aliphatic heterocycles. The van der Waals surface area contributed by atoms with E-state index in [1.807, 2.05) is 6.92 Å². The van der Waals surface area contributed by atoms with Crippen molar-refractivity contribution in [2.45, 2.75) is 26.7 Å². The van der Waals surface area contributed by atoms with Crippen molar-refractivity contribution in [3.63, 3.8) is 0 Å². The maximum absolute atomic E-state index is 11.6. The zero-order chi connectivity index (χ0) is 12.7. The van der Waals surface area contributed by atoms with Crippen molar-refractivity contribution < 1.29 is 14.3 Å². The standard InChI is InChI=1S/C12H22N2O3/c1-3-17-12(16)11-5-4-7-14(9-11)8-6-13-10(2)15/h11H,3-9H2,1-2H3,(H,13,15)/t11-/m1/s1. The Labute approximate surface area is 102 Å². The molecule has 5 heteroatoms. The van der Waals surface area contributed by atoms with Crippen LogP contribution >= 0.6 is 0 Å². The van der Waals surface area contributed by atoms with Crippen molar-refractivity contribution in [2.75, 3.05) is 32.8 Å². The van der Waals surface area contributed by atoms with Crippen molar-refractivity contribution in [3.8, 4) is 0 Å². The van der Waals surface area contributed by atoms with E-state index in [-0.39, 0.29) is 17.8 Å². The Balaban J connectivity index is 2.28. The van der Waals surface area contributed by atoms with Crippen molar-refractivity contribution in [3.05, 3.63) is 0 Å². The predicted octanol–water partition coefficient (Wildman–Crippen LogP) is 0.398. The van der Waals surface area contributed by atoms with Crippen molar-refractivity contribution in [1.29, 1.82) is 0 Å². The van der Waals surface area contributed by atoms with Crippen LogP contribution in [0.3, 0.4) is 0 Å². The van der Waals surface area contributed by atoms with E-state index in [4.69, 9.17) is 4.74 Å². The number of hydrogen-bond acceptors (Lipinski definition) is 4. The van der Waals surface area contributed by atoms with Crippen LogP contribution in [0.15, 0.2) is 0 Å². The third kappa shape index (κ3) is 5.17. The fourth-order valence-corrected chi connectivity index (χ4v) is 2.10. The summed E-state index contributed by atoms with van der Waals surface area (Å²) in [6, 6.07) is 0. The lowest BCUT2D eigenvalue weighted by atomic mass is 9.98. The van der Waals surface area contributed by atoms with Crippen LogP contribution in [0, 0.1) is 5.92 Å². The fourth-order valence-electron chi connectivity index (χ4n) is 2.10. The molecule has 0 spiro atoms. The molecule has 1 atom stereocenters. The van der Waals surface area contributed by atoms with Gasteiger partial charge >= 0.3 is 5.97 Å². The Bertz CT molecular complexity index is 268. The Kier molecular flexibility index (Phi) is 5.97. The molecule has 1 N–H and O–H groups in total. The smallest absolute Gasteiger partial charge is 0.310 e. The SMILES string of the molecule is CCOC(=O)[C@@H]1CCCN(CCNC(C)=O)C1. The second kappa shape index (κ2) is 7.27. The lowest BCUT2D eigenvalue weighted by Gasteiger charge is -2.31. The van der Waals surface area contributed by atoms with Crippen LogP contribution in [0.5, 0.6) is 0 Å². The van der Waals surface area contributed by atoms with E-state index in [1.54, 1.807) is 0 Å². The normalized spacial score (nSPS) is 20.9. The van der Waals surface area contributed by atoms with E-state index >= 15 is 0 Å². The van der Waals surface area contributed by atoms with Crippen LogP contribution < -0.4 is 5.32 Å². The molecule has 1 rings (SSSR count). The first-order chi connectivity index (χ1) is 8.13. The van der Waals surface area contributed by atoms with Crippen LogP contribution in [-0.4, -0.2) is 49.6 Å².